The normalized spacial score (nSPS) is 20.0. The van der Waals surface area contributed by atoms with Gasteiger partial charge in [-0.1, -0.05) is 6.42 Å². The molecule has 7 nitrogen and oxygen atoms in total. The number of hydrogen-bond acceptors (Lipinski definition) is 5. The summed E-state index contributed by atoms with van der Waals surface area (Å²) < 4.78 is 1.59. The van der Waals surface area contributed by atoms with Gasteiger partial charge in [0.05, 0.1) is 0 Å². The Hall–Kier alpha value is -1.44. The Morgan fingerprint density at radius 2 is 2.09 bits per heavy atom. The summed E-state index contributed by atoms with van der Waals surface area (Å²) in [7, 11) is 0. The maximum atomic E-state index is 12.3. The molecule has 1 saturated carbocycles. The van der Waals surface area contributed by atoms with Crippen LogP contribution in [-0.2, 0) is 0 Å². The van der Waals surface area contributed by atoms with E-state index in [0.717, 1.165) is 30.7 Å². The summed E-state index contributed by atoms with van der Waals surface area (Å²) in [5.41, 5.74) is 7.51. The monoisotopic (exact) mass is 360 g/mol. The number of rotatable bonds is 3. The molecule has 2 atom stereocenters. The lowest BCUT2D eigenvalue weighted by molar-refractivity contribution is 0.0918. The molecule has 2 aromatic heterocycles. The topological polar surface area (TPSA) is 98.2 Å². The molecule has 2 heterocycles. The summed E-state index contributed by atoms with van der Waals surface area (Å²) in [6.07, 6.45) is 3.14. The molecule has 2 unspecified atom stereocenters. The van der Waals surface area contributed by atoms with Crippen molar-refractivity contribution in [3.8, 4) is 0 Å². The van der Waals surface area contributed by atoms with Gasteiger partial charge in [0.15, 0.2) is 0 Å². The third-order valence-electron chi connectivity index (χ3n) is 4.10. The number of aromatic nitrogens is 4. The van der Waals surface area contributed by atoms with Crippen molar-refractivity contribution in [1.29, 1.82) is 0 Å². The average Bonchev–Trinajstić information content (AvgIpc) is 3.04. The zero-order valence-corrected chi connectivity index (χ0v) is 14.8. The number of nitrogens with one attached hydrogen (secondary N) is 1. The van der Waals surface area contributed by atoms with Gasteiger partial charge in [0, 0.05) is 17.4 Å². The first-order chi connectivity index (χ1) is 10.1. The number of hydrogen-bond donors (Lipinski definition) is 2. The van der Waals surface area contributed by atoms with E-state index in [1.807, 2.05) is 19.9 Å². The lowest BCUT2D eigenvalue weighted by Gasteiger charge is -2.18. The Bertz CT molecular complexity index is 689. The first-order valence-electron chi connectivity index (χ1n) is 7.30. The van der Waals surface area contributed by atoms with Gasteiger partial charge in [-0.15, -0.1) is 29.9 Å². The third kappa shape index (κ3) is 3.91. The number of aryl methyl sites for hydroxylation is 2. The number of fused-ring (bicyclic) bond motifs is 1. The summed E-state index contributed by atoms with van der Waals surface area (Å²) in [5.74, 6) is 0.731. The second-order valence-electron chi connectivity index (χ2n) is 5.69. The first-order valence-corrected chi connectivity index (χ1v) is 7.30. The van der Waals surface area contributed by atoms with E-state index in [1.54, 1.807) is 4.52 Å². The molecule has 1 aliphatic carbocycles. The Labute approximate surface area is 147 Å². The van der Waals surface area contributed by atoms with Crippen LogP contribution in [0.1, 0.15) is 41.3 Å². The molecule has 0 spiro atoms. The zero-order valence-electron chi connectivity index (χ0n) is 13.2. The largest absolute Gasteiger partial charge is 0.346 e. The van der Waals surface area contributed by atoms with Crippen LogP contribution in [0.5, 0.6) is 0 Å². The SMILES string of the molecule is Cc1cc(C)n2nc(C(=O)NC3CCCC3CN)nc2n1.Cl.Cl. The van der Waals surface area contributed by atoms with E-state index < -0.39 is 0 Å². The van der Waals surface area contributed by atoms with Gasteiger partial charge in [0.1, 0.15) is 0 Å². The van der Waals surface area contributed by atoms with Crippen LogP contribution in [0.25, 0.3) is 5.78 Å². The van der Waals surface area contributed by atoms with E-state index in [9.17, 15) is 4.79 Å². The van der Waals surface area contributed by atoms with Crippen LogP contribution in [0.15, 0.2) is 6.07 Å². The summed E-state index contributed by atoms with van der Waals surface area (Å²) in [5, 5.41) is 7.25. The van der Waals surface area contributed by atoms with Crippen LogP contribution in [0.3, 0.4) is 0 Å². The Balaban J connectivity index is 0.00000132. The van der Waals surface area contributed by atoms with E-state index in [2.05, 4.69) is 20.4 Å². The number of nitrogens with two attached hydrogens (primary N) is 1. The van der Waals surface area contributed by atoms with Crippen LogP contribution in [0.2, 0.25) is 0 Å². The van der Waals surface area contributed by atoms with Crippen LogP contribution in [0.4, 0.5) is 0 Å². The highest BCUT2D eigenvalue weighted by atomic mass is 35.5. The average molecular weight is 361 g/mol. The van der Waals surface area contributed by atoms with Crippen molar-refractivity contribution in [3.05, 3.63) is 23.3 Å². The molecular weight excluding hydrogens is 339 g/mol. The van der Waals surface area contributed by atoms with Crippen LogP contribution < -0.4 is 11.1 Å². The van der Waals surface area contributed by atoms with E-state index in [1.165, 1.54) is 0 Å². The molecule has 0 bridgehead atoms. The predicted molar refractivity (Wildman–Crippen MR) is 92.4 cm³/mol. The number of nitrogens with zero attached hydrogens (tertiary/aromatic N) is 4. The standard InChI is InChI=1S/C14H20N6O.2ClH/c1-8-6-9(2)20-14(16-8)18-12(19-20)13(21)17-11-5-3-4-10(11)7-15;;/h6,10-11H,3-5,7,15H2,1-2H3,(H,17,21);2*1H. The Morgan fingerprint density at radius 1 is 1.35 bits per heavy atom. The highest BCUT2D eigenvalue weighted by molar-refractivity contribution is 5.91. The van der Waals surface area contributed by atoms with Crippen LogP contribution >= 0.6 is 24.8 Å². The van der Waals surface area contributed by atoms with Gasteiger partial charge >= 0.3 is 0 Å². The molecule has 0 radical (unpaired) electrons. The molecule has 128 valence electrons. The van der Waals surface area contributed by atoms with Gasteiger partial charge in [-0.2, -0.15) is 4.98 Å². The second-order valence-corrected chi connectivity index (χ2v) is 5.69. The molecule has 1 fully saturated rings. The number of carbonyl (C=O) groups excluding carboxylic acids is 1. The fourth-order valence-electron chi connectivity index (χ4n) is 3.00. The molecule has 23 heavy (non-hydrogen) atoms. The molecule has 3 rings (SSSR count). The molecule has 9 heteroatoms. The van der Waals surface area contributed by atoms with Crippen molar-refractivity contribution >= 4 is 36.5 Å². The molecule has 1 aliphatic rings. The van der Waals surface area contributed by atoms with Crippen molar-refractivity contribution in [2.24, 2.45) is 11.7 Å². The van der Waals surface area contributed by atoms with Gasteiger partial charge in [-0.05, 0) is 45.2 Å². The van der Waals surface area contributed by atoms with Gasteiger partial charge in [0.2, 0.25) is 5.82 Å². The van der Waals surface area contributed by atoms with E-state index in [4.69, 9.17) is 5.73 Å². The minimum atomic E-state index is -0.247. The molecule has 2 aromatic rings. The van der Waals surface area contributed by atoms with Crippen molar-refractivity contribution in [3.63, 3.8) is 0 Å². The smallest absolute Gasteiger partial charge is 0.291 e. The van der Waals surface area contributed by atoms with Crippen LogP contribution in [-0.4, -0.2) is 38.1 Å². The molecule has 0 aliphatic heterocycles. The van der Waals surface area contributed by atoms with Gasteiger partial charge in [-0.25, -0.2) is 9.50 Å². The van der Waals surface area contributed by atoms with E-state index in [-0.39, 0.29) is 42.6 Å². The third-order valence-corrected chi connectivity index (χ3v) is 4.10. The predicted octanol–water partition coefficient (Wildman–Crippen LogP) is 1.44. The van der Waals surface area contributed by atoms with Crippen LogP contribution in [0, 0.1) is 19.8 Å². The summed E-state index contributed by atoms with van der Waals surface area (Å²) >= 11 is 0. The van der Waals surface area contributed by atoms with Crippen molar-refractivity contribution in [2.75, 3.05) is 6.54 Å². The zero-order chi connectivity index (χ0) is 15.0. The van der Waals surface area contributed by atoms with Gasteiger partial charge < -0.3 is 11.1 Å². The minimum absolute atomic E-state index is 0. The van der Waals surface area contributed by atoms with Crippen molar-refractivity contribution in [2.45, 2.75) is 39.2 Å². The van der Waals surface area contributed by atoms with E-state index in [0.29, 0.717) is 18.2 Å². The molecule has 0 saturated heterocycles. The fraction of sp³-hybridized carbons (Fsp3) is 0.571. The van der Waals surface area contributed by atoms with Gasteiger partial charge in [-0.3, -0.25) is 4.79 Å². The Kier molecular flexibility index (Phi) is 6.73. The fourth-order valence-corrected chi connectivity index (χ4v) is 3.00. The number of carbonyl (C=O) groups is 1. The summed E-state index contributed by atoms with van der Waals surface area (Å²) in [6.45, 7) is 4.41. The lowest BCUT2D eigenvalue weighted by atomic mass is 10.0. The molecular formula is C14H22Cl2N6O. The lowest BCUT2D eigenvalue weighted by Crippen LogP contribution is -2.40. The van der Waals surface area contributed by atoms with Gasteiger partial charge in [0.25, 0.3) is 11.7 Å². The van der Waals surface area contributed by atoms with Crippen molar-refractivity contribution in [1.82, 2.24) is 24.9 Å². The summed E-state index contributed by atoms with van der Waals surface area (Å²) in [4.78, 5) is 20.8. The second kappa shape index (κ2) is 7.90. The quantitative estimate of drug-likeness (QED) is 0.862. The first kappa shape index (κ1) is 19.6. The summed E-state index contributed by atoms with van der Waals surface area (Å²) in [6, 6.07) is 2.04. The maximum Gasteiger partial charge on any atom is 0.291 e. The Morgan fingerprint density at radius 3 is 2.78 bits per heavy atom. The maximum absolute atomic E-state index is 12.3. The van der Waals surface area contributed by atoms with E-state index >= 15 is 0 Å². The molecule has 1 amide bonds. The number of halogens is 2. The van der Waals surface area contributed by atoms with Crippen molar-refractivity contribution < 1.29 is 4.79 Å². The highest BCUT2D eigenvalue weighted by Crippen LogP contribution is 2.24. The highest BCUT2D eigenvalue weighted by Gasteiger charge is 2.28. The molecule has 3 N–H and O–H groups in total. The molecule has 0 aromatic carbocycles. The minimum Gasteiger partial charge on any atom is -0.346 e. The number of amides is 1.